The van der Waals surface area contributed by atoms with Crippen molar-refractivity contribution in [3.8, 4) is 0 Å². The minimum absolute atomic E-state index is 0. The first-order chi connectivity index (χ1) is 13.8. The predicted molar refractivity (Wildman–Crippen MR) is 115 cm³/mol. The lowest BCUT2D eigenvalue weighted by molar-refractivity contribution is -0.385. The number of non-ortho nitro benzene ring substituents is 1. The number of unbranched alkanes of at least 4 members (excludes halogenated alkanes) is 1. The molecule has 0 saturated heterocycles. The zero-order valence-corrected chi connectivity index (χ0v) is 18.3. The van der Waals surface area contributed by atoms with Gasteiger partial charge < -0.3 is 0 Å². The summed E-state index contributed by atoms with van der Waals surface area (Å²) in [5, 5.41) is 11.0. The van der Waals surface area contributed by atoms with E-state index in [9.17, 15) is 22.9 Å². The number of fused-ring (bicyclic) bond motifs is 1. The minimum Gasteiger partial charge on any atom is -0.299 e. The molecule has 1 aliphatic heterocycles. The maximum atomic E-state index is 13.4. The van der Waals surface area contributed by atoms with E-state index in [1.165, 1.54) is 12.1 Å². The van der Waals surface area contributed by atoms with E-state index < -0.39 is 15.8 Å². The summed E-state index contributed by atoms with van der Waals surface area (Å²) < 4.78 is 40.6. The SMILES string of the molecule is Cc1ccc(F)cc1S(=O)(=O)NCCCCN1CCc2ccc([N+](=O)[O-])cc2C1.Cl. The van der Waals surface area contributed by atoms with Crippen molar-refractivity contribution >= 4 is 28.1 Å². The molecule has 164 valence electrons. The Morgan fingerprint density at radius 2 is 1.93 bits per heavy atom. The highest BCUT2D eigenvalue weighted by Gasteiger charge is 2.19. The highest BCUT2D eigenvalue weighted by molar-refractivity contribution is 7.89. The van der Waals surface area contributed by atoms with Crippen molar-refractivity contribution in [1.29, 1.82) is 0 Å². The zero-order chi connectivity index (χ0) is 21.0. The van der Waals surface area contributed by atoms with Gasteiger partial charge in [-0.25, -0.2) is 17.5 Å². The molecule has 0 spiro atoms. The Kier molecular flexibility index (Phi) is 8.31. The number of rotatable bonds is 8. The van der Waals surface area contributed by atoms with Crippen molar-refractivity contribution in [3.63, 3.8) is 0 Å². The van der Waals surface area contributed by atoms with E-state index >= 15 is 0 Å². The maximum absolute atomic E-state index is 13.4. The summed E-state index contributed by atoms with van der Waals surface area (Å²) in [4.78, 5) is 12.8. The summed E-state index contributed by atoms with van der Waals surface area (Å²) in [6.45, 7) is 4.22. The van der Waals surface area contributed by atoms with E-state index in [-0.39, 0.29) is 34.5 Å². The molecular weight excluding hydrogens is 433 g/mol. The van der Waals surface area contributed by atoms with Crippen molar-refractivity contribution in [2.24, 2.45) is 0 Å². The second-order valence-electron chi connectivity index (χ2n) is 7.25. The molecule has 0 radical (unpaired) electrons. The Balaban J connectivity index is 0.00000320. The van der Waals surface area contributed by atoms with Crippen molar-refractivity contribution < 1.29 is 17.7 Å². The molecule has 1 heterocycles. The molecule has 0 amide bonds. The van der Waals surface area contributed by atoms with Gasteiger partial charge in [-0.3, -0.25) is 15.0 Å². The fourth-order valence-corrected chi connectivity index (χ4v) is 4.84. The van der Waals surface area contributed by atoms with E-state index in [1.807, 2.05) is 6.07 Å². The molecule has 0 aromatic heterocycles. The third kappa shape index (κ3) is 5.98. The molecule has 3 rings (SSSR count). The van der Waals surface area contributed by atoms with Crippen LogP contribution >= 0.6 is 12.4 Å². The van der Waals surface area contributed by atoms with Crippen molar-refractivity contribution in [2.75, 3.05) is 19.6 Å². The van der Waals surface area contributed by atoms with Gasteiger partial charge in [0.2, 0.25) is 10.0 Å². The normalized spacial score (nSPS) is 14.1. The maximum Gasteiger partial charge on any atom is 0.269 e. The topological polar surface area (TPSA) is 92.6 Å². The van der Waals surface area contributed by atoms with Crippen LogP contribution in [0.4, 0.5) is 10.1 Å². The van der Waals surface area contributed by atoms with Gasteiger partial charge in [0.1, 0.15) is 5.82 Å². The molecule has 0 saturated carbocycles. The van der Waals surface area contributed by atoms with Crippen molar-refractivity contribution in [1.82, 2.24) is 9.62 Å². The summed E-state index contributed by atoms with van der Waals surface area (Å²) in [5.74, 6) is -0.582. The van der Waals surface area contributed by atoms with Gasteiger partial charge in [0.05, 0.1) is 9.82 Å². The zero-order valence-electron chi connectivity index (χ0n) is 16.6. The van der Waals surface area contributed by atoms with Gasteiger partial charge in [-0.1, -0.05) is 12.1 Å². The first-order valence-electron chi connectivity index (χ1n) is 9.50. The van der Waals surface area contributed by atoms with Crippen LogP contribution < -0.4 is 4.72 Å². The summed E-state index contributed by atoms with van der Waals surface area (Å²) in [7, 11) is -3.74. The van der Waals surface area contributed by atoms with E-state index in [0.717, 1.165) is 43.1 Å². The Labute approximate surface area is 181 Å². The van der Waals surface area contributed by atoms with Crippen molar-refractivity contribution in [3.05, 3.63) is 69.0 Å². The van der Waals surface area contributed by atoms with Gasteiger partial charge >= 0.3 is 0 Å². The molecule has 0 unspecified atom stereocenters. The summed E-state index contributed by atoms with van der Waals surface area (Å²) in [5.41, 5.74) is 2.73. The summed E-state index contributed by atoms with van der Waals surface area (Å²) in [6.07, 6.45) is 2.28. The molecule has 1 N–H and O–H groups in total. The van der Waals surface area contributed by atoms with Crippen LogP contribution in [0.1, 0.15) is 29.5 Å². The van der Waals surface area contributed by atoms with E-state index in [2.05, 4.69) is 9.62 Å². The fourth-order valence-electron chi connectivity index (χ4n) is 3.51. The number of aryl methyl sites for hydroxylation is 1. The molecular formula is C20H25ClFN3O4S. The van der Waals surface area contributed by atoms with Gasteiger partial charge in [0.25, 0.3) is 5.69 Å². The third-order valence-electron chi connectivity index (χ3n) is 5.12. The lowest BCUT2D eigenvalue weighted by Crippen LogP contribution is -2.32. The quantitative estimate of drug-likeness (QED) is 0.371. The van der Waals surface area contributed by atoms with E-state index in [1.54, 1.807) is 19.1 Å². The second kappa shape index (κ2) is 10.3. The standard InChI is InChI=1S/C20H24FN3O4S.ClH/c1-15-4-6-18(21)13-20(15)29(27,28)22-9-2-3-10-23-11-8-16-5-7-19(24(25)26)12-17(16)14-23;/h4-7,12-13,22H,2-3,8-11,14H2,1H3;1H. The van der Waals surface area contributed by atoms with Gasteiger partial charge in [-0.15, -0.1) is 12.4 Å². The first kappa shape index (κ1) is 24.2. The molecule has 0 fully saturated rings. The number of nitrogens with zero attached hydrogens (tertiary/aromatic N) is 2. The van der Waals surface area contributed by atoms with Crippen LogP contribution in [-0.4, -0.2) is 37.9 Å². The Bertz CT molecular complexity index is 1020. The summed E-state index contributed by atoms with van der Waals surface area (Å²) >= 11 is 0. The highest BCUT2D eigenvalue weighted by Crippen LogP contribution is 2.24. The largest absolute Gasteiger partial charge is 0.299 e. The predicted octanol–water partition coefficient (Wildman–Crippen LogP) is 3.58. The number of halogens is 2. The van der Waals surface area contributed by atoms with E-state index in [4.69, 9.17) is 0 Å². The van der Waals surface area contributed by atoms with Gasteiger partial charge in [0, 0.05) is 31.8 Å². The highest BCUT2D eigenvalue weighted by atomic mass is 35.5. The van der Waals surface area contributed by atoms with Crippen LogP contribution in [0, 0.1) is 22.9 Å². The van der Waals surface area contributed by atoms with Gasteiger partial charge in [-0.05, 0) is 61.6 Å². The number of benzene rings is 2. The van der Waals surface area contributed by atoms with Crippen LogP contribution in [0.3, 0.4) is 0 Å². The van der Waals surface area contributed by atoms with Crippen LogP contribution in [0.25, 0.3) is 0 Å². The van der Waals surface area contributed by atoms with Crippen LogP contribution in [0.15, 0.2) is 41.3 Å². The van der Waals surface area contributed by atoms with Gasteiger partial charge in [0.15, 0.2) is 0 Å². The number of hydrogen-bond donors (Lipinski definition) is 1. The summed E-state index contributed by atoms with van der Waals surface area (Å²) in [6, 6.07) is 8.72. The van der Waals surface area contributed by atoms with E-state index in [0.29, 0.717) is 18.5 Å². The van der Waals surface area contributed by atoms with Crippen LogP contribution in [-0.2, 0) is 23.0 Å². The Hall–Kier alpha value is -2.07. The molecule has 0 aliphatic carbocycles. The second-order valence-corrected chi connectivity index (χ2v) is 8.99. The third-order valence-corrected chi connectivity index (χ3v) is 6.73. The molecule has 2 aromatic carbocycles. The minimum atomic E-state index is -3.74. The molecule has 2 aromatic rings. The molecule has 10 heteroatoms. The smallest absolute Gasteiger partial charge is 0.269 e. The average Bonchev–Trinajstić information content (AvgIpc) is 2.68. The molecule has 7 nitrogen and oxygen atoms in total. The van der Waals surface area contributed by atoms with Gasteiger partial charge in [-0.2, -0.15) is 0 Å². The number of nitro benzene ring substituents is 1. The molecule has 0 atom stereocenters. The number of sulfonamides is 1. The molecule has 0 bridgehead atoms. The molecule has 30 heavy (non-hydrogen) atoms. The van der Waals surface area contributed by atoms with Crippen LogP contribution in [0.5, 0.6) is 0 Å². The van der Waals surface area contributed by atoms with Crippen LogP contribution in [0.2, 0.25) is 0 Å². The lowest BCUT2D eigenvalue weighted by Gasteiger charge is -2.28. The molecule has 1 aliphatic rings. The monoisotopic (exact) mass is 457 g/mol. The average molecular weight is 458 g/mol. The number of nitrogens with one attached hydrogen (secondary N) is 1. The Morgan fingerprint density at radius 3 is 2.67 bits per heavy atom. The Morgan fingerprint density at radius 1 is 1.17 bits per heavy atom. The number of nitro groups is 1. The first-order valence-corrected chi connectivity index (χ1v) is 11.0. The number of hydrogen-bond acceptors (Lipinski definition) is 5. The fraction of sp³-hybridized carbons (Fsp3) is 0.400. The van der Waals surface area contributed by atoms with Crippen molar-refractivity contribution in [2.45, 2.75) is 37.6 Å². The lowest BCUT2D eigenvalue weighted by atomic mass is 9.99.